The standard InChI is InChI=1S/C77H140O6/c1-4-7-10-13-16-19-22-25-28-31-33-34-35-36-37-38-39-40-41-42-44-46-49-52-55-58-61-64-67-70-76(79)82-73-74(72-81-75(78)69-66-63-60-57-54-51-48-45-30-27-24-21-18-15-12-9-6-3)83-77(80)71-68-65-62-59-56-53-50-47-43-32-29-26-23-20-17-14-11-8-5-2/h18,21-22,25-27,29-31,33,74H,4-17,19-20,23-24,28,32,34-73H2,1-3H3/b21-18-,25-22-,29-26-,30-27-,33-31-. The minimum atomic E-state index is -0.779. The Morgan fingerprint density at radius 1 is 0.241 bits per heavy atom. The lowest BCUT2D eigenvalue weighted by atomic mass is 10.0. The molecule has 484 valence electrons. The summed E-state index contributed by atoms with van der Waals surface area (Å²) in [5.74, 6) is -0.858. The van der Waals surface area contributed by atoms with Gasteiger partial charge in [-0.2, -0.15) is 0 Å². The van der Waals surface area contributed by atoms with Gasteiger partial charge in [0.1, 0.15) is 13.2 Å². The van der Waals surface area contributed by atoms with Crippen LogP contribution >= 0.6 is 0 Å². The molecule has 0 heterocycles. The molecule has 0 bridgehead atoms. The summed E-state index contributed by atoms with van der Waals surface area (Å²) < 4.78 is 17.0. The highest BCUT2D eigenvalue weighted by Gasteiger charge is 2.19. The van der Waals surface area contributed by atoms with E-state index in [1.54, 1.807) is 0 Å². The van der Waals surface area contributed by atoms with Crippen molar-refractivity contribution in [1.82, 2.24) is 0 Å². The van der Waals surface area contributed by atoms with Gasteiger partial charge in [0.2, 0.25) is 0 Å². The third kappa shape index (κ3) is 69.8. The third-order valence-corrected chi connectivity index (χ3v) is 16.5. The first-order chi connectivity index (χ1) is 41.0. The second-order valence-electron chi connectivity index (χ2n) is 24.8. The molecule has 6 nitrogen and oxygen atoms in total. The van der Waals surface area contributed by atoms with Gasteiger partial charge in [0.05, 0.1) is 0 Å². The van der Waals surface area contributed by atoms with Crippen LogP contribution in [-0.2, 0) is 28.6 Å². The van der Waals surface area contributed by atoms with Crippen LogP contribution in [0.1, 0.15) is 393 Å². The zero-order valence-corrected chi connectivity index (χ0v) is 55.7. The van der Waals surface area contributed by atoms with Gasteiger partial charge in [0.25, 0.3) is 0 Å². The summed E-state index contributed by atoms with van der Waals surface area (Å²) in [5, 5.41) is 0. The molecule has 0 aromatic rings. The summed E-state index contributed by atoms with van der Waals surface area (Å²) in [6, 6.07) is 0. The Balaban J connectivity index is 4.26. The van der Waals surface area contributed by atoms with Crippen LogP contribution < -0.4 is 0 Å². The Hall–Kier alpha value is -2.89. The molecule has 0 N–H and O–H groups in total. The molecule has 0 amide bonds. The first kappa shape index (κ1) is 80.1. The molecule has 1 unspecified atom stereocenters. The average molecular weight is 1160 g/mol. The highest BCUT2D eigenvalue weighted by molar-refractivity contribution is 5.71. The summed E-state index contributed by atoms with van der Waals surface area (Å²) in [5.41, 5.74) is 0. The topological polar surface area (TPSA) is 78.9 Å². The molecule has 83 heavy (non-hydrogen) atoms. The summed E-state index contributed by atoms with van der Waals surface area (Å²) in [6.45, 7) is 6.66. The maximum Gasteiger partial charge on any atom is 0.306 e. The van der Waals surface area contributed by atoms with Crippen LogP contribution in [0.25, 0.3) is 0 Å². The summed E-state index contributed by atoms with van der Waals surface area (Å²) in [4.78, 5) is 38.5. The van der Waals surface area contributed by atoms with Crippen molar-refractivity contribution in [3.05, 3.63) is 60.8 Å². The number of carbonyl (C=O) groups is 3. The van der Waals surface area contributed by atoms with Gasteiger partial charge < -0.3 is 14.2 Å². The maximum atomic E-state index is 13.0. The van der Waals surface area contributed by atoms with Crippen molar-refractivity contribution in [3.63, 3.8) is 0 Å². The minimum Gasteiger partial charge on any atom is -0.462 e. The van der Waals surface area contributed by atoms with Gasteiger partial charge in [-0.1, -0.05) is 326 Å². The van der Waals surface area contributed by atoms with E-state index in [4.69, 9.17) is 14.2 Å². The normalized spacial score (nSPS) is 12.4. The van der Waals surface area contributed by atoms with Crippen LogP contribution in [0.15, 0.2) is 60.8 Å². The van der Waals surface area contributed by atoms with Crippen LogP contribution in [-0.4, -0.2) is 37.2 Å². The van der Waals surface area contributed by atoms with E-state index in [-0.39, 0.29) is 31.1 Å². The molecule has 0 aromatic carbocycles. The van der Waals surface area contributed by atoms with Crippen LogP contribution in [0.3, 0.4) is 0 Å². The monoisotopic (exact) mass is 1160 g/mol. The van der Waals surface area contributed by atoms with E-state index in [0.29, 0.717) is 19.3 Å². The SMILES string of the molecule is CCCCC/C=C\C/C=C\CCCCCCCCCC(=O)OCC(COC(=O)CCCCCCCCCCCCCCCCCCC/C=C\C/C=C\CCCCCCC)OC(=O)CCCCCCCCCCC/C=C\CCCCCCCC. The van der Waals surface area contributed by atoms with Gasteiger partial charge in [-0.3, -0.25) is 14.4 Å². The summed E-state index contributed by atoms with van der Waals surface area (Å²) in [7, 11) is 0. The number of unbranched alkanes of at least 4 members (excludes halogenated alkanes) is 47. The molecular formula is C77H140O6. The average Bonchev–Trinajstić information content (AvgIpc) is 3.50. The number of ether oxygens (including phenoxy) is 3. The zero-order chi connectivity index (χ0) is 59.9. The Labute approximate surface area is 517 Å². The Kier molecular flexibility index (Phi) is 69.1. The molecular weight excluding hydrogens is 1020 g/mol. The number of carbonyl (C=O) groups excluding carboxylic acids is 3. The fourth-order valence-corrected chi connectivity index (χ4v) is 10.9. The Morgan fingerprint density at radius 2 is 0.434 bits per heavy atom. The van der Waals surface area contributed by atoms with Crippen LogP contribution in [0.2, 0.25) is 0 Å². The molecule has 0 rings (SSSR count). The van der Waals surface area contributed by atoms with Crippen molar-refractivity contribution in [1.29, 1.82) is 0 Å². The first-order valence-electron chi connectivity index (χ1n) is 36.8. The molecule has 0 spiro atoms. The molecule has 1 atom stereocenters. The van der Waals surface area contributed by atoms with E-state index < -0.39 is 6.10 Å². The largest absolute Gasteiger partial charge is 0.462 e. The van der Waals surface area contributed by atoms with Gasteiger partial charge in [0.15, 0.2) is 6.10 Å². The number of hydrogen-bond donors (Lipinski definition) is 0. The van der Waals surface area contributed by atoms with Gasteiger partial charge in [0, 0.05) is 19.3 Å². The van der Waals surface area contributed by atoms with Crippen molar-refractivity contribution >= 4 is 17.9 Å². The second kappa shape index (κ2) is 71.6. The van der Waals surface area contributed by atoms with Crippen molar-refractivity contribution in [2.75, 3.05) is 13.2 Å². The van der Waals surface area contributed by atoms with Gasteiger partial charge in [-0.05, 0) is 109 Å². The van der Waals surface area contributed by atoms with E-state index in [1.165, 1.54) is 276 Å². The molecule has 0 aliphatic heterocycles. The molecule has 0 aliphatic rings. The fourth-order valence-electron chi connectivity index (χ4n) is 10.9. The zero-order valence-electron chi connectivity index (χ0n) is 55.7. The minimum absolute atomic E-state index is 0.0738. The van der Waals surface area contributed by atoms with E-state index >= 15 is 0 Å². The van der Waals surface area contributed by atoms with Crippen molar-refractivity contribution < 1.29 is 28.6 Å². The summed E-state index contributed by atoms with van der Waals surface area (Å²) in [6.07, 6.45) is 92.5. The fraction of sp³-hybridized carbons (Fsp3) is 0.831. The molecule has 6 heteroatoms. The number of allylic oxidation sites excluding steroid dienone is 10. The van der Waals surface area contributed by atoms with Crippen molar-refractivity contribution in [2.45, 2.75) is 399 Å². The second-order valence-corrected chi connectivity index (χ2v) is 24.8. The lowest BCUT2D eigenvalue weighted by Gasteiger charge is -2.18. The predicted octanol–water partition coefficient (Wildman–Crippen LogP) is 25.5. The molecule has 0 aliphatic carbocycles. The van der Waals surface area contributed by atoms with Crippen LogP contribution in [0.4, 0.5) is 0 Å². The van der Waals surface area contributed by atoms with E-state index in [1.807, 2.05) is 0 Å². The lowest BCUT2D eigenvalue weighted by molar-refractivity contribution is -0.167. The maximum absolute atomic E-state index is 13.0. The number of rotatable bonds is 68. The quantitative estimate of drug-likeness (QED) is 0.0261. The highest BCUT2D eigenvalue weighted by Crippen LogP contribution is 2.18. The molecule has 0 radical (unpaired) electrons. The molecule has 0 saturated carbocycles. The lowest BCUT2D eigenvalue weighted by Crippen LogP contribution is -2.30. The molecule has 0 aromatic heterocycles. The number of esters is 3. The van der Waals surface area contributed by atoms with Crippen molar-refractivity contribution in [3.8, 4) is 0 Å². The van der Waals surface area contributed by atoms with Gasteiger partial charge in [-0.25, -0.2) is 0 Å². The predicted molar refractivity (Wildman–Crippen MR) is 362 cm³/mol. The van der Waals surface area contributed by atoms with Crippen LogP contribution in [0.5, 0.6) is 0 Å². The van der Waals surface area contributed by atoms with Gasteiger partial charge >= 0.3 is 17.9 Å². The summed E-state index contributed by atoms with van der Waals surface area (Å²) >= 11 is 0. The Morgan fingerprint density at radius 3 is 0.699 bits per heavy atom. The highest BCUT2D eigenvalue weighted by atomic mass is 16.6. The van der Waals surface area contributed by atoms with E-state index in [2.05, 4.69) is 81.5 Å². The first-order valence-corrected chi connectivity index (χ1v) is 36.8. The van der Waals surface area contributed by atoms with E-state index in [9.17, 15) is 14.4 Å². The number of hydrogen-bond acceptors (Lipinski definition) is 6. The third-order valence-electron chi connectivity index (χ3n) is 16.5. The van der Waals surface area contributed by atoms with Crippen molar-refractivity contribution in [2.24, 2.45) is 0 Å². The van der Waals surface area contributed by atoms with Gasteiger partial charge in [-0.15, -0.1) is 0 Å². The van der Waals surface area contributed by atoms with E-state index in [0.717, 1.165) is 77.0 Å². The molecule has 0 saturated heterocycles. The molecule has 0 fully saturated rings. The Bertz CT molecular complexity index is 1470. The smallest absolute Gasteiger partial charge is 0.306 e. The van der Waals surface area contributed by atoms with Crippen LogP contribution in [0, 0.1) is 0 Å².